The number of benzene rings is 1. The lowest BCUT2D eigenvalue weighted by Gasteiger charge is -2.27. The molecule has 0 bridgehead atoms. The number of sulfonamides is 1. The molecule has 5 nitrogen and oxygen atoms in total. The number of methoxy groups -OCH3 is 1. The van der Waals surface area contributed by atoms with Crippen LogP contribution >= 0.6 is 0 Å². The Bertz CT molecular complexity index is 567. The Kier molecular flexibility index (Phi) is 6.19. The monoisotopic (exact) mass is 315 g/mol. The van der Waals surface area contributed by atoms with Crippen LogP contribution in [0, 0.1) is 5.92 Å². The lowest BCUT2D eigenvalue weighted by atomic mass is 10.2. The molecule has 0 radical (unpaired) electrons. The van der Waals surface area contributed by atoms with Crippen molar-refractivity contribution in [2.24, 2.45) is 5.92 Å². The number of nitrogens with zero attached hydrogens (tertiary/aromatic N) is 1. The van der Waals surface area contributed by atoms with Crippen molar-refractivity contribution in [1.29, 1.82) is 0 Å². The Labute approximate surface area is 127 Å². The van der Waals surface area contributed by atoms with E-state index in [-0.39, 0.29) is 23.5 Å². The molecule has 0 aromatic heterocycles. The second kappa shape index (κ2) is 7.24. The number of hydrogen-bond acceptors (Lipinski definition) is 4. The van der Waals surface area contributed by atoms with Crippen LogP contribution < -0.4 is 4.74 Å². The van der Waals surface area contributed by atoms with Crippen LogP contribution in [0.15, 0.2) is 23.1 Å². The maximum absolute atomic E-state index is 12.8. The van der Waals surface area contributed by atoms with Gasteiger partial charge < -0.3 is 9.84 Å². The predicted molar refractivity (Wildman–Crippen MR) is 82.8 cm³/mol. The van der Waals surface area contributed by atoms with Crippen LogP contribution in [0.1, 0.15) is 33.3 Å². The number of ether oxygens (including phenoxy) is 1. The minimum Gasteiger partial charge on any atom is -0.496 e. The van der Waals surface area contributed by atoms with Crippen molar-refractivity contribution in [3.8, 4) is 5.75 Å². The van der Waals surface area contributed by atoms with Gasteiger partial charge in [-0.1, -0.05) is 13.8 Å². The molecule has 0 fully saturated rings. The van der Waals surface area contributed by atoms with Crippen molar-refractivity contribution < 1.29 is 18.3 Å². The van der Waals surface area contributed by atoms with Crippen molar-refractivity contribution in [2.75, 3.05) is 13.7 Å². The molecule has 1 aromatic rings. The van der Waals surface area contributed by atoms with Crippen LogP contribution in [0.4, 0.5) is 0 Å². The minimum atomic E-state index is -3.59. The molecule has 0 spiro atoms. The molecule has 1 N–H and O–H groups in total. The highest BCUT2D eigenvalue weighted by Gasteiger charge is 2.28. The maximum Gasteiger partial charge on any atom is 0.243 e. The average molecular weight is 315 g/mol. The molecule has 0 atom stereocenters. The quantitative estimate of drug-likeness (QED) is 0.838. The largest absolute Gasteiger partial charge is 0.496 e. The van der Waals surface area contributed by atoms with E-state index in [1.807, 2.05) is 27.7 Å². The fourth-order valence-corrected chi connectivity index (χ4v) is 3.97. The number of rotatable bonds is 7. The van der Waals surface area contributed by atoms with E-state index < -0.39 is 10.0 Å². The molecular formula is C15H25NO4S. The van der Waals surface area contributed by atoms with Gasteiger partial charge in [0.15, 0.2) is 0 Å². The Morgan fingerprint density at radius 1 is 1.24 bits per heavy atom. The number of aliphatic hydroxyl groups is 1. The van der Waals surface area contributed by atoms with Gasteiger partial charge >= 0.3 is 0 Å². The molecule has 1 aromatic carbocycles. The van der Waals surface area contributed by atoms with Gasteiger partial charge in [-0.15, -0.1) is 0 Å². The van der Waals surface area contributed by atoms with Gasteiger partial charge in [-0.05, 0) is 38.0 Å². The molecule has 0 saturated carbocycles. The summed E-state index contributed by atoms with van der Waals surface area (Å²) in [6, 6.07) is 4.44. The summed E-state index contributed by atoms with van der Waals surface area (Å²) in [5.41, 5.74) is 0.465. The van der Waals surface area contributed by atoms with Gasteiger partial charge in [-0.2, -0.15) is 4.31 Å². The van der Waals surface area contributed by atoms with E-state index in [2.05, 4.69) is 0 Å². The lowest BCUT2D eigenvalue weighted by Crippen LogP contribution is -2.39. The van der Waals surface area contributed by atoms with Crippen molar-refractivity contribution >= 4 is 10.0 Å². The molecule has 0 aliphatic heterocycles. The molecular weight excluding hydrogens is 290 g/mol. The highest BCUT2D eigenvalue weighted by Crippen LogP contribution is 2.26. The summed E-state index contributed by atoms with van der Waals surface area (Å²) in [5, 5.41) is 9.34. The molecule has 0 heterocycles. The molecule has 6 heteroatoms. The predicted octanol–water partition coefficient (Wildman–Crippen LogP) is 2.24. The van der Waals surface area contributed by atoms with Gasteiger partial charge in [0.05, 0.1) is 18.6 Å². The zero-order valence-electron chi connectivity index (χ0n) is 13.3. The third kappa shape index (κ3) is 4.18. The Hall–Kier alpha value is -1.11. The van der Waals surface area contributed by atoms with Gasteiger partial charge in [0, 0.05) is 18.2 Å². The summed E-state index contributed by atoms with van der Waals surface area (Å²) in [6.45, 7) is 7.88. The smallest absolute Gasteiger partial charge is 0.243 e. The van der Waals surface area contributed by atoms with E-state index in [9.17, 15) is 13.5 Å². The first kappa shape index (κ1) is 17.9. The first-order valence-corrected chi connectivity index (χ1v) is 8.47. The lowest BCUT2D eigenvalue weighted by molar-refractivity contribution is 0.273. The topological polar surface area (TPSA) is 66.8 Å². The van der Waals surface area contributed by atoms with Crippen molar-refractivity contribution in [2.45, 2.75) is 45.2 Å². The molecule has 0 unspecified atom stereocenters. The Morgan fingerprint density at radius 3 is 2.29 bits per heavy atom. The molecule has 0 aliphatic rings. The van der Waals surface area contributed by atoms with Crippen LogP contribution in [0.25, 0.3) is 0 Å². The zero-order valence-corrected chi connectivity index (χ0v) is 14.1. The zero-order chi connectivity index (χ0) is 16.2. The van der Waals surface area contributed by atoms with Gasteiger partial charge in [0.2, 0.25) is 10.0 Å². The summed E-state index contributed by atoms with van der Waals surface area (Å²) in [6.07, 6.45) is 0. The van der Waals surface area contributed by atoms with E-state index in [0.717, 1.165) is 0 Å². The third-order valence-electron chi connectivity index (χ3n) is 3.15. The average Bonchev–Trinajstić information content (AvgIpc) is 2.43. The van der Waals surface area contributed by atoms with Gasteiger partial charge in [-0.25, -0.2) is 8.42 Å². The molecule has 0 saturated heterocycles. The molecule has 0 aliphatic carbocycles. The van der Waals surface area contributed by atoms with E-state index in [1.165, 1.54) is 23.5 Å². The summed E-state index contributed by atoms with van der Waals surface area (Å²) in [7, 11) is -2.10. The van der Waals surface area contributed by atoms with Crippen LogP contribution in [-0.2, 0) is 16.6 Å². The van der Waals surface area contributed by atoms with Crippen LogP contribution in [0.5, 0.6) is 5.75 Å². The van der Waals surface area contributed by atoms with E-state index >= 15 is 0 Å². The van der Waals surface area contributed by atoms with Crippen LogP contribution in [0.2, 0.25) is 0 Å². The van der Waals surface area contributed by atoms with E-state index in [1.54, 1.807) is 6.07 Å². The van der Waals surface area contributed by atoms with Crippen LogP contribution in [-0.4, -0.2) is 37.5 Å². The van der Waals surface area contributed by atoms with E-state index in [0.29, 0.717) is 17.9 Å². The maximum atomic E-state index is 12.8. The second-order valence-electron chi connectivity index (χ2n) is 5.69. The van der Waals surface area contributed by atoms with Gasteiger partial charge in [0.1, 0.15) is 5.75 Å². The summed E-state index contributed by atoms with van der Waals surface area (Å²) in [4.78, 5) is 0.182. The molecule has 120 valence electrons. The molecule has 21 heavy (non-hydrogen) atoms. The van der Waals surface area contributed by atoms with Gasteiger partial charge in [-0.3, -0.25) is 0 Å². The first-order valence-electron chi connectivity index (χ1n) is 7.03. The van der Waals surface area contributed by atoms with Crippen molar-refractivity contribution in [1.82, 2.24) is 4.31 Å². The first-order chi connectivity index (χ1) is 9.73. The molecule has 1 rings (SSSR count). The second-order valence-corrected chi connectivity index (χ2v) is 7.58. The van der Waals surface area contributed by atoms with Crippen molar-refractivity contribution in [3.63, 3.8) is 0 Å². The highest BCUT2D eigenvalue weighted by molar-refractivity contribution is 7.89. The third-order valence-corrected chi connectivity index (χ3v) is 5.19. The Balaban J connectivity index is 3.28. The van der Waals surface area contributed by atoms with Crippen molar-refractivity contribution in [3.05, 3.63) is 23.8 Å². The summed E-state index contributed by atoms with van der Waals surface area (Å²) < 4.78 is 32.2. The Morgan fingerprint density at radius 2 is 1.86 bits per heavy atom. The minimum absolute atomic E-state index is 0.128. The summed E-state index contributed by atoms with van der Waals surface area (Å²) >= 11 is 0. The highest BCUT2D eigenvalue weighted by atomic mass is 32.2. The normalized spacial score (nSPS) is 12.4. The van der Waals surface area contributed by atoms with Gasteiger partial charge in [0.25, 0.3) is 0 Å². The number of aliphatic hydroxyl groups excluding tert-OH is 1. The fraction of sp³-hybridized carbons (Fsp3) is 0.600. The number of hydrogen-bond donors (Lipinski definition) is 1. The standard InChI is InChI=1S/C15H25NO4S/c1-11(2)9-16(12(3)4)21(18,19)14-6-7-15(20-5)13(8-14)10-17/h6-8,11-12,17H,9-10H2,1-5H3. The van der Waals surface area contributed by atoms with E-state index in [4.69, 9.17) is 4.74 Å². The fourth-order valence-electron chi connectivity index (χ4n) is 2.12. The summed E-state index contributed by atoms with van der Waals surface area (Å²) in [5.74, 6) is 0.717. The molecule has 0 amide bonds. The van der Waals surface area contributed by atoms with Crippen LogP contribution in [0.3, 0.4) is 0 Å². The SMILES string of the molecule is COc1ccc(S(=O)(=O)N(CC(C)C)C(C)C)cc1CO.